The van der Waals surface area contributed by atoms with Crippen molar-refractivity contribution in [1.29, 1.82) is 0 Å². The van der Waals surface area contributed by atoms with E-state index < -0.39 is 16.0 Å². The molecule has 0 aliphatic carbocycles. The average Bonchev–Trinajstić information content (AvgIpc) is 3.25. The van der Waals surface area contributed by atoms with Gasteiger partial charge in [0.1, 0.15) is 4.21 Å². The lowest BCUT2D eigenvalue weighted by molar-refractivity contribution is -0.138. The standard InChI is InChI=1S/C21H24N2O4S2/c24-20(25)13-16-8-10-23(29(26,27)21-6-3-11-28-21)14-17(16)12-19-18-5-2-1-4-15(18)7-9-22-19/h1-6,11,16-17H,7-10,12-14H2,(H,24,25). The average molecular weight is 433 g/mol. The van der Waals surface area contributed by atoms with Gasteiger partial charge in [-0.05, 0) is 53.7 Å². The smallest absolute Gasteiger partial charge is 0.303 e. The molecule has 2 aliphatic heterocycles. The molecule has 1 aromatic carbocycles. The number of thiophene rings is 1. The number of benzene rings is 1. The Morgan fingerprint density at radius 2 is 2.03 bits per heavy atom. The Hall–Kier alpha value is -2.03. The Balaban J connectivity index is 1.59. The highest BCUT2D eigenvalue weighted by Gasteiger charge is 2.37. The normalized spacial score (nSPS) is 22.7. The van der Waals surface area contributed by atoms with Gasteiger partial charge < -0.3 is 5.11 Å². The first-order chi connectivity index (χ1) is 13.9. The van der Waals surface area contributed by atoms with Crippen LogP contribution in [0.5, 0.6) is 0 Å². The van der Waals surface area contributed by atoms with E-state index >= 15 is 0 Å². The molecule has 8 heteroatoms. The molecule has 1 saturated heterocycles. The van der Waals surface area contributed by atoms with E-state index in [2.05, 4.69) is 12.1 Å². The topological polar surface area (TPSA) is 87.0 Å². The van der Waals surface area contributed by atoms with Crippen LogP contribution in [0, 0.1) is 11.8 Å². The van der Waals surface area contributed by atoms with Crippen LogP contribution in [0.2, 0.25) is 0 Å². The minimum absolute atomic E-state index is 0.0564. The largest absolute Gasteiger partial charge is 0.481 e. The Kier molecular flexibility index (Phi) is 5.85. The molecular weight excluding hydrogens is 408 g/mol. The van der Waals surface area contributed by atoms with Crippen LogP contribution in [0.1, 0.15) is 30.4 Å². The predicted molar refractivity (Wildman–Crippen MR) is 113 cm³/mol. The second-order valence-corrected chi connectivity index (χ2v) is 10.8. The minimum Gasteiger partial charge on any atom is -0.481 e. The van der Waals surface area contributed by atoms with Gasteiger partial charge >= 0.3 is 5.97 Å². The first-order valence-corrected chi connectivity index (χ1v) is 12.1. The fourth-order valence-corrected chi connectivity index (χ4v) is 7.02. The van der Waals surface area contributed by atoms with Crippen LogP contribution in [-0.4, -0.2) is 49.1 Å². The van der Waals surface area contributed by atoms with E-state index in [1.165, 1.54) is 21.2 Å². The van der Waals surface area contributed by atoms with E-state index in [0.29, 0.717) is 30.1 Å². The van der Waals surface area contributed by atoms with E-state index in [1.807, 2.05) is 12.1 Å². The fraction of sp³-hybridized carbons (Fsp3) is 0.429. The summed E-state index contributed by atoms with van der Waals surface area (Å²) in [6.45, 7) is 1.41. The first-order valence-electron chi connectivity index (χ1n) is 9.82. The summed E-state index contributed by atoms with van der Waals surface area (Å²) in [4.78, 5) is 16.1. The van der Waals surface area contributed by atoms with Crippen LogP contribution in [0.4, 0.5) is 0 Å². The van der Waals surface area contributed by atoms with Crippen molar-refractivity contribution in [3.05, 3.63) is 52.9 Å². The minimum atomic E-state index is -3.54. The highest BCUT2D eigenvalue weighted by Crippen LogP contribution is 2.34. The second kappa shape index (κ2) is 8.38. The molecule has 2 atom stereocenters. The number of nitrogens with zero attached hydrogens (tertiary/aromatic N) is 2. The Bertz CT molecular complexity index is 1020. The maximum atomic E-state index is 13.0. The maximum Gasteiger partial charge on any atom is 0.303 e. The molecule has 0 bridgehead atoms. The van der Waals surface area contributed by atoms with Gasteiger partial charge in [0.05, 0.1) is 0 Å². The molecule has 3 heterocycles. The van der Waals surface area contributed by atoms with Crippen molar-refractivity contribution < 1.29 is 18.3 Å². The van der Waals surface area contributed by atoms with Crippen LogP contribution in [0.15, 0.2) is 51.0 Å². The van der Waals surface area contributed by atoms with Gasteiger partial charge in [-0.2, -0.15) is 4.31 Å². The Morgan fingerprint density at radius 3 is 2.79 bits per heavy atom. The van der Waals surface area contributed by atoms with Crippen molar-refractivity contribution in [2.45, 2.75) is 29.9 Å². The number of hydrogen-bond donors (Lipinski definition) is 1. The van der Waals surface area contributed by atoms with Crippen LogP contribution in [0.25, 0.3) is 0 Å². The molecule has 2 aromatic rings. The van der Waals surface area contributed by atoms with Crippen molar-refractivity contribution >= 4 is 33.0 Å². The van der Waals surface area contributed by atoms with Crippen molar-refractivity contribution in [3.63, 3.8) is 0 Å². The van der Waals surface area contributed by atoms with Crippen LogP contribution < -0.4 is 0 Å². The van der Waals surface area contributed by atoms with Crippen molar-refractivity contribution in [2.75, 3.05) is 19.6 Å². The van der Waals surface area contributed by atoms with Gasteiger partial charge in [-0.25, -0.2) is 8.42 Å². The summed E-state index contributed by atoms with van der Waals surface area (Å²) in [5.74, 6) is -0.959. The second-order valence-electron chi connectivity index (χ2n) is 7.64. The predicted octanol–water partition coefficient (Wildman–Crippen LogP) is 3.29. The third-order valence-corrected chi connectivity index (χ3v) is 9.09. The lowest BCUT2D eigenvalue weighted by Gasteiger charge is -2.37. The van der Waals surface area contributed by atoms with Crippen LogP contribution in [0.3, 0.4) is 0 Å². The zero-order chi connectivity index (χ0) is 20.4. The Labute approximate surface area is 175 Å². The zero-order valence-electron chi connectivity index (χ0n) is 16.0. The molecule has 1 fully saturated rings. The highest BCUT2D eigenvalue weighted by atomic mass is 32.2. The number of aliphatic carboxylic acids is 1. The summed E-state index contributed by atoms with van der Waals surface area (Å²) in [5, 5.41) is 11.1. The van der Waals surface area contributed by atoms with Crippen LogP contribution in [-0.2, 0) is 21.2 Å². The van der Waals surface area contributed by atoms with E-state index in [1.54, 1.807) is 17.5 Å². The van der Waals surface area contributed by atoms with Crippen LogP contribution >= 0.6 is 11.3 Å². The van der Waals surface area contributed by atoms with E-state index in [-0.39, 0.29) is 18.3 Å². The number of piperidine rings is 1. The fourth-order valence-electron chi connectivity index (χ4n) is 4.37. The number of rotatable bonds is 6. The molecule has 2 unspecified atom stereocenters. The molecule has 4 rings (SSSR count). The van der Waals surface area contributed by atoms with Gasteiger partial charge in [-0.15, -0.1) is 11.3 Å². The van der Waals surface area contributed by atoms with Gasteiger partial charge in [0.15, 0.2) is 0 Å². The quantitative estimate of drug-likeness (QED) is 0.759. The van der Waals surface area contributed by atoms with Gasteiger partial charge in [0, 0.05) is 31.8 Å². The molecule has 0 amide bonds. The van der Waals surface area contributed by atoms with Gasteiger partial charge in [-0.1, -0.05) is 30.3 Å². The summed E-state index contributed by atoms with van der Waals surface area (Å²) < 4.78 is 27.9. The number of aliphatic imine (C=N–C) groups is 1. The number of hydrogen-bond acceptors (Lipinski definition) is 5. The number of fused-ring (bicyclic) bond motifs is 1. The molecule has 2 aliphatic rings. The van der Waals surface area contributed by atoms with Crippen molar-refractivity contribution in [3.8, 4) is 0 Å². The van der Waals surface area contributed by atoms with E-state index in [0.717, 1.165) is 24.2 Å². The molecule has 1 aromatic heterocycles. The molecule has 1 N–H and O–H groups in total. The molecule has 0 radical (unpaired) electrons. The summed E-state index contributed by atoms with van der Waals surface area (Å²) in [5.41, 5.74) is 3.35. The summed E-state index contributed by atoms with van der Waals surface area (Å²) in [7, 11) is -3.54. The lowest BCUT2D eigenvalue weighted by atomic mass is 9.79. The third kappa shape index (κ3) is 4.29. The van der Waals surface area contributed by atoms with Gasteiger partial charge in [-0.3, -0.25) is 9.79 Å². The van der Waals surface area contributed by atoms with Crippen molar-refractivity contribution in [2.24, 2.45) is 16.8 Å². The molecule has 6 nitrogen and oxygen atoms in total. The molecular formula is C21H24N2O4S2. The summed E-state index contributed by atoms with van der Waals surface area (Å²) in [6, 6.07) is 11.5. The summed E-state index contributed by atoms with van der Waals surface area (Å²) >= 11 is 1.22. The first kappa shape index (κ1) is 20.3. The SMILES string of the molecule is O=C(O)CC1CCN(S(=O)(=O)c2cccs2)CC1CC1=NCCc2ccccc21. The monoisotopic (exact) mass is 432 g/mol. The van der Waals surface area contributed by atoms with E-state index in [4.69, 9.17) is 4.99 Å². The van der Waals surface area contributed by atoms with Crippen molar-refractivity contribution in [1.82, 2.24) is 4.31 Å². The number of carbonyl (C=O) groups is 1. The van der Waals surface area contributed by atoms with Gasteiger partial charge in [0.2, 0.25) is 0 Å². The molecule has 154 valence electrons. The lowest BCUT2D eigenvalue weighted by Crippen LogP contribution is -2.44. The number of sulfonamides is 1. The zero-order valence-corrected chi connectivity index (χ0v) is 17.7. The molecule has 29 heavy (non-hydrogen) atoms. The molecule has 0 spiro atoms. The maximum absolute atomic E-state index is 13.0. The molecule has 0 saturated carbocycles. The number of carboxylic acid groups (broad SMARTS) is 1. The van der Waals surface area contributed by atoms with Gasteiger partial charge in [0.25, 0.3) is 10.0 Å². The number of carboxylic acids is 1. The Morgan fingerprint density at radius 1 is 1.21 bits per heavy atom. The highest BCUT2D eigenvalue weighted by molar-refractivity contribution is 7.91. The van der Waals surface area contributed by atoms with E-state index in [9.17, 15) is 18.3 Å². The third-order valence-electron chi connectivity index (χ3n) is 5.85. The summed E-state index contributed by atoms with van der Waals surface area (Å²) in [6.07, 6.45) is 2.12.